The molecule has 1 aliphatic heterocycles. The predicted molar refractivity (Wildman–Crippen MR) is 99.5 cm³/mol. The van der Waals surface area contributed by atoms with Crippen LogP contribution in [0.25, 0.3) is 11.0 Å². The zero-order chi connectivity index (χ0) is 18.4. The van der Waals surface area contributed by atoms with Gasteiger partial charge in [-0.15, -0.1) is 0 Å². The first-order valence-corrected chi connectivity index (χ1v) is 8.36. The van der Waals surface area contributed by atoms with E-state index in [0.717, 1.165) is 16.7 Å². The van der Waals surface area contributed by atoms with E-state index in [4.69, 9.17) is 0 Å². The van der Waals surface area contributed by atoms with Gasteiger partial charge in [0, 0.05) is 12.1 Å². The molecule has 2 aromatic carbocycles. The zero-order valence-corrected chi connectivity index (χ0v) is 14.4. The number of imidazole rings is 1. The number of nitrogens with one attached hydrogen (secondary N) is 4. The molecule has 26 heavy (non-hydrogen) atoms. The Hall–Kier alpha value is -3.35. The van der Waals surface area contributed by atoms with Crippen LogP contribution in [0.4, 0.5) is 11.4 Å². The molecule has 2 heterocycles. The lowest BCUT2D eigenvalue weighted by molar-refractivity contribution is -0.123. The van der Waals surface area contributed by atoms with Gasteiger partial charge in [-0.2, -0.15) is 0 Å². The van der Waals surface area contributed by atoms with Crippen LogP contribution in [0.2, 0.25) is 0 Å². The first-order valence-electron chi connectivity index (χ1n) is 8.36. The quantitative estimate of drug-likeness (QED) is 0.570. The molecule has 132 valence electrons. The molecule has 0 saturated carbocycles. The van der Waals surface area contributed by atoms with Gasteiger partial charge >= 0.3 is 5.69 Å². The van der Waals surface area contributed by atoms with Gasteiger partial charge in [-0.25, -0.2) is 4.79 Å². The lowest BCUT2D eigenvalue weighted by Gasteiger charge is -2.25. The molecule has 0 spiro atoms. The number of anilines is 2. The number of aromatic nitrogens is 2. The van der Waals surface area contributed by atoms with Gasteiger partial charge in [0.1, 0.15) is 0 Å². The Morgan fingerprint density at radius 3 is 2.73 bits per heavy atom. The van der Waals surface area contributed by atoms with Crippen molar-refractivity contribution < 1.29 is 9.59 Å². The molecule has 0 saturated heterocycles. The number of benzene rings is 2. The Morgan fingerprint density at radius 1 is 1.15 bits per heavy atom. The number of para-hydroxylation sites is 1. The van der Waals surface area contributed by atoms with E-state index in [1.165, 1.54) is 0 Å². The van der Waals surface area contributed by atoms with E-state index in [1.54, 1.807) is 6.07 Å². The van der Waals surface area contributed by atoms with Gasteiger partial charge in [-0.05, 0) is 42.7 Å². The molecule has 4 N–H and O–H groups in total. The van der Waals surface area contributed by atoms with Gasteiger partial charge in [0.25, 0.3) is 0 Å². The van der Waals surface area contributed by atoms with E-state index in [0.29, 0.717) is 22.4 Å². The SMILES string of the molecule is Cc1cc2[nH]c(=O)[nH]c2c(NC(=O)C2CC(=O)Nc3ccccc32)c1C. The Labute approximate surface area is 148 Å². The van der Waals surface area contributed by atoms with Crippen LogP contribution in [-0.4, -0.2) is 21.8 Å². The Kier molecular flexibility index (Phi) is 3.64. The molecule has 1 aromatic heterocycles. The number of fused-ring (bicyclic) bond motifs is 2. The molecule has 1 atom stereocenters. The van der Waals surface area contributed by atoms with Gasteiger partial charge in [-0.3, -0.25) is 9.59 Å². The van der Waals surface area contributed by atoms with Crippen LogP contribution < -0.4 is 16.3 Å². The number of hydrogen-bond acceptors (Lipinski definition) is 3. The van der Waals surface area contributed by atoms with Crippen molar-refractivity contribution in [1.29, 1.82) is 0 Å². The molecule has 7 nitrogen and oxygen atoms in total. The lowest BCUT2D eigenvalue weighted by Crippen LogP contribution is -2.31. The monoisotopic (exact) mass is 350 g/mol. The fraction of sp³-hybridized carbons (Fsp3) is 0.211. The average Bonchev–Trinajstić information content (AvgIpc) is 2.97. The highest BCUT2D eigenvalue weighted by atomic mass is 16.2. The van der Waals surface area contributed by atoms with Crippen LogP contribution in [0.15, 0.2) is 35.1 Å². The first kappa shape index (κ1) is 16.1. The Morgan fingerprint density at radius 2 is 1.92 bits per heavy atom. The van der Waals surface area contributed by atoms with Crippen molar-refractivity contribution in [2.45, 2.75) is 26.2 Å². The van der Waals surface area contributed by atoms with E-state index < -0.39 is 5.92 Å². The number of carbonyl (C=O) groups excluding carboxylic acids is 2. The first-order chi connectivity index (χ1) is 12.4. The molecule has 0 aliphatic carbocycles. The maximum Gasteiger partial charge on any atom is 0.323 e. The molecule has 0 radical (unpaired) electrons. The summed E-state index contributed by atoms with van der Waals surface area (Å²) in [6.07, 6.45) is 0.0838. The number of H-pyrrole nitrogens is 2. The highest BCUT2D eigenvalue weighted by Crippen LogP contribution is 2.34. The van der Waals surface area contributed by atoms with Crippen molar-refractivity contribution in [1.82, 2.24) is 9.97 Å². The van der Waals surface area contributed by atoms with E-state index in [-0.39, 0.29) is 23.9 Å². The highest BCUT2D eigenvalue weighted by molar-refractivity contribution is 6.08. The number of hydrogen-bond donors (Lipinski definition) is 4. The molecular formula is C19H18N4O3. The molecular weight excluding hydrogens is 332 g/mol. The zero-order valence-electron chi connectivity index (χ0n) is 14.4. The van der Waals surface area contributed by atoms with Crippen LogP contribution in [0.1, 0.15) is 29.0 Å². The van der Waals surface area contributed by atoms with E-state index in [1.807, 2.05) is 38.1 Å². The summed E-state index contributed by atoms with van der Waals surface area (Å²) in [5.41, 5.74) is 4.68. The molecule has 1 unspecified atom stereocenters. The van der Waals surface area contributed by atoms with Gasteiger partial charge < -0.3 is 20.6 Å². The molecule has 4 rings (SSSR count). The molecule has 7 heteroatoms. The maximum absolute atomic E-state index is 13.0. The van der Waals surface area contributed by atoms with Crippen LogP contribution in [-0.2, 0) is 9.59 Å². The molecule has 0 fully saturated rings. The number of aromatic amines is 2. The summed E-state index contributed by atoms with van der Waals surface area (Å²) >= 11 is 0. The van der Waals surface area contributed by atoms with Crippen LogP contribution >= 0.6 is 0 Å². The van der Waals surface area contributed by atoms with E-state index in [2.05, 4.69) is 20.6 Å². The summed E-state index contributed by atoms with van der Waals surface area (Å²) < 4.78 is 0. The second-order valence-electron chi connectivity index (χ2n) is 6.58. The second-order valence-corrected chi connectivity index (χ2v) is 6.58. The largest absolute Gasteiger partial charge is 0.326 e. The van der Waals surface area contributed by atoms with E-state index in [9.17, 15) is 14.4 Å². The van der Waals surface area contributed by atoms with Gasteiger partial charge in [0.2, 0.25) is 11.8 Å². The van der Waals surface area contributed by atoms with Gasteiger partial charge in [0.05, 0.1) is 22.6 Å². The Balaban J connectivity index is 1.76. The lowest BCUT2D eigenvalue weighted by atomic mass is 9.89. The number of rotatable bonds is 2. The van der Waals surface area contributed by atoms with Gasteiger partial charge in [-0.1, -0.05) is 18.2 Å². The third kappa shape index (κ3) is 2.57. The minimum absolute atomic E-state index is 0.0838. The third-order valence-corrected chi connectivity index (χ3v) is 4.90. The minimum Gasteiger partial charge on any atom is -0.326 e. The van der Waals surface area contributed by atoms with Crippen molar-refractivity contribution in [2.24, 2.45) is 0 Å². The third-order valence-electron chi connectivity index (χ3n) is 4.90. The summed E-state index contributed by atoms with van der Waals surface area (Å²) in [5.74, 6) is -1.05. The fourth-order valence-corrected chi connectivity index (χ4v) is 3.42. The smallest absolute Gasteiger partial charge is 0.323 e. The molecule has 0 bridgehead atoms. The number of amides is 2. The second kappa shape index (κ2) is 5.87. The highest BCUT2D eigenvalue weighted by Gasteiger charge is 2.31. The van der Waals surface area contributed by atoms with Crippen LogP contribution in [0.3, 0.4) is 0 Å². The van der Waals surface area contributed by atoms with Crippen molar-refractivity contribution in [3.8, 4) is 0 Å². The summed E-state index contributed by atoms with van der Waals surface area (Å²) in [5, 5.41) is 5.72. The van der Waals surface area contributed by atoms with Crippen molar-refractivity contribution >= 4 is 34.2 Å². The number of carbonyl (C=O) groups is 2. The standard InChI is InChI=1S/C19H18N4O3/c1-9-7-14-17(23-19(26)21-14)16(10(9)2)22-18(25)12-8-15(24)20-13-6-4-3-5-11(12)13/h3-7,12H,8H2,1-2H3,(H,20,24)(H,22,25)(H2,21,23,26). The summed E-state index contributed by atoms with van der Waals surface area (Å²) in [4.78, 5) is 42.1. The van der Waals surface area contributed by atoms with Crippen LogP contribution in [0, 0.1) is 13.8 Å². The molecule has 1 aliphatic rings. The maximum atomic E-state index is 13.0. The van der Waals surface area contributed by atoms with Gasteiger partial charge in [0.15, 0.2) is 0 Å². The van der Waals surface area contributed by atoms with Crippen molar-refractivity contribution in [3.63, 3.8) is 0 Å². The minimum atomic E-state index is -0.583. The summed E-state index contributed by atoms with van der Waals surface area (Å²) in [6.45, 7) is 3.80. The Bertz CT molecular complexity index is 1110. The van der Waals surface area contributed by atoms with Crippen molar-refractivity contribution in [2.75, 3.05) is 10.6 Å². The number of aryl methyl sites for hydroxylation is 1. The molecule has 3 aromatic rings. The molecule has 2 amide bonds. The normalized spacial score (nSPS) is 16.2. The van der Waals surface area contributed by atoms with Crippen LogP contribution in [0.5, 0.6) is 0 Å². The van der Waals surface area contributed by atoms with Crippen molar-refractivity contribution in [3.05, 3.63) is 57.5 Å². The van der Waals surface area contributed by atoms with E-state index >= 15 is 0 Å². The fourth-order valence-electron chi connectivity index (χ4n) is 3.42. The summed E-state index contributed by atoms with van der Waals surface area (Å²) in [6, 6.07) is 9.15. The topological polar surface area (TPSA) is 107 Å². The average molecular weight is 350 g/mol. The predicted octanol–water partition coefficient (Wildman–Crippen LogP) is 2.54. The summed E-state index contributed by atoms with van der Waals surface area (Å²) in [7, 11) is 0.